The van der Waals surface area contributed by atoms with Crippen LogP contribution in [0.25, 0.3) is 0 Å². The number of hydrogen-bond acceptors (Lipinski definition) is 5. The summed E-state index contributed by atoms with van der Waals surface area (Å²) in [4.78, 5) is 28.2. The first kappa shape index (κ1) is 24.3. The minimum atomic E-state index is -0.553. The van der Waals surface area contributed by atoms with Crippen LogP contribution in [-0.2, 0) is 4.74 Å². The minimum Gasteiger partial charge on any atom is -0.459 e. The Morgan fingerprint density at radius 3 is 2.28 bits per heavy atom. The van der Waals surface area contributed by atoms with E-state index in [0.29, 0.717) is 25.6 Å². The molecular formula is C20H35N5O4. The molecule has 0 spiro atoms. The van der Waals surface area contributed by atoms with E-state index >= 15 is 0 Å². The summed E-state index contributed by atoms with van der Waals surface area (Å²) in [5.41, 5.74) is -1.02. The van der Waals surface area contributed by atoms with Gasteiger partial charge in [0.05, 0.1) is 11.8 Å². The lowest BCUT2D eigenvalue weighted by Crippen LogP contribution is -2.57. The Labute approximate surface area is 173 Å². The van der Waals surface area contributed by atoms with Crippen molar-refractivity contribution in [3.8, 4) is 0 Å². The highest BCUT2D eigenvalue weighted by Crippen LogP contribution is 2.16. The molecule has 2 amide bonds. The van der Waals surface area contributed by atoms with E-state index < -0.39 is 17.2 Å². The molecule has 0 radical (unpaired) electrons. The summed E-state index contributed by atoms with van der Waals surface area (Å²) in [6.45, 7) is 10.9. The number of rotatable bonds is 9. The van der Waals surface area contributed by atoms with Crippen LogP contribution in [0.2, 0.25) is 0 Å². The second-order valence-electron chi connectivity index (χ2n) is 7.70. The Morgan fingerprint density at radius 1 is 1.10 bits per heavy atom. The summed E-state index contributed by atoms with van der Waals surface area (Å²) >= 11 is 0. The largest absolute Gasteiger partial charge is 0.459 e. The predicted octanol–water partition coefficient (Wildman–Crippen LogP) is 2.26. The average Bonchev–Trinajstić information content (AvgIpc) is 3.19. The third-order valence-corrected chi connectivity index (χ3v) is 4.39. The lowest BCUT2D eigenvalue weighted by Gasteiger charge is -2.34. The minimum absolute atomic E-state index is 0.266. The van der Waals surface area contributed by atoms with Gasteiger partial charge in [-0.2, -0.15) is 0 Å². The van der Waals surface area contributed by atoms with Crippen molar-refractivity contribution in [2.24, 2.45) is 4.99 Å². The van der Waals surface area contributed by atoms with E-state index in [2.05, 4.69) is 26.3 Å². The number of carbonyl (C=O) groups is 2. The van der Waals surface area contributed by atoms with Crippen molar-refractivity contribution in [2.45, 2.75) is 58.6 Å². The molecule has 164 valence electrons. The van der Waals surface area contributed by atoms with Crippen LogP contribution in [-0.4, -0.2) is 55.8 Å². The number of amides is 2. The smallest absolute Gasteiger partial charge is 0.408 e. The van der Waals surface area contributed by atoms with Gasteiger partial charge >= 0.3 is 6.09 Å². The van der Waals surface area contributed by atoms with Crippen LogP contribution in [0.3, 0.4) is 0 Å². The fourth-order valence-corrected chi connectivity index (χ4v) is 2.57. The quantitative estimate of drug-likeness (QED) is 0.282. The van der Waals surface area contributed by atoms with E-state index in [1.54, 1.807) is 19.2 Å². The third kappa shape index (κ3) is 8.89. The van der Waals surface area contributed by atoms with Gasteiger partial charge in [0.2, 0.25) is 0 Å². The van der Waals surface area contributed by atoms with Gasteiger partial charge in [0.15, 0.2) is 11.7 Å². The van der Waals surface area contributed by atoms with E-state index in [4.69, 9.17) is 9.15 Å². The Balaban J connectivity index is 2.48. The summed E-state index contributed by atoms with van der Waals surface area (Å²) in [6.07, 6.45) is 2.47. The lowest BCUT2D eigenvalue weighted by molar-refractivity contribution is 0.0448. The first-order valence-electron chi connectivity index (χ1n) is 9.92. The number of guanidine groups is 1. The molecule has 0 atom stereocenters. The molecule has 0 saturated heterocycles. The van der Waals surface area contributed by atoms with Crippen molar-refractivity contribution in [3.63, 3.8) is 0 Å². The van der Waals surface area contributed by atoms with Gasteiger partial charge in [-0.3, -0.25) is 9.79 Å². The van der Waals surface area contributed by atoms with E-state index in [9.17, 15) is 9.59 Å². The highest BCUT2D eigenvalue weighted by atomic mass is 16.6. The van der Waals surface area contributed by atoms with Gasteiger partial charge in [-0.1, -0.05) is 13.8 Å². The Hall–Kier alpha value is -2.71. The van der Waals surface area contributed by atoms with Crippen molar-refractivity contribution in [2.75, 3.05) is 26.7 Å². The molecule has 0 unspecified atom stereocenters. The van der Waals surface area contributed by atoms with Crippen LogP contribution in [0.1, 0.15) is 58.0 Å². The van der Waals surface area contributed by atoms with E-state index in [1.165, 1.54) is 6.26 Å². The van der Waals surface area contributed by atoms with Crippen LogP contribution in [0.4, 0.5) is 4.79 Å². The predicted molar refractivity (Wildman–Crippen MR) is 113 cm³/mol. The second-order valence-corrected chi connectivity index (χ2v) is 7.70. The molecule has 0 aliphatic heterocycles. The Kier molecular flexibility index (Phi) is 9.50. The van der Waals surface area contributed by atoms with E-state index in [1.807, 2.05) is 34.6 Å². The highest BCUT2D eigenvalue weighted by molar-refractivity contribution is 5.91. The van der Waals surface area contributed by atoms with Crippen molar-refractivity contribution in [1.82, 2.24) is 21.3 Å². The first-order valence-corrected chi connectivity index (χ1v) is 9.92. The SMILES string of the molecule is CCC(CC)(CNC(=NC)NCCNC(=O)c1ccco1)NC(=O)OC(C)(C)C. The summed E-state index contributed by atoms with van der Waals surface area (Å²) < 4.78 is 10.4. The van der Waals surface area contributed by atoms with Gasteiger partial charge in [0.1, 0.15) is 5.60 Å². The van der Waals surface area contributed by atoms with Crippen LogP contribution >= 0.6 is 0 Å². The Morgan fingerprint density at radius 2 is 1.76 bits per heavy atom. The van der Waals surface area contributed by atoms with Crippen molar-refractivity contribution >= 4 is 18.0 Å². The maximum Gasteiger partial charge on any atom is 0.408 e. The van der Waals surface area contributed by atoms with Gasteiger partial charge < -0.3 is 30.4 Å². The molecule has 4 N–H and O–H groups in total. The molecule has 0 bridgehead atoms. The molecule has 0 aliphatic rings. The molecule has 0 saturated carbocycles. The number of aliphatic imine (C=N–C) groups is 1. The van der Waals surface area contributed by atoms with E-state index in [-0.39, 0.29) is 11.7 Å². The van der Waals surface area contributed by atoms with Crippen molar-refractivity contribution in [3.05, 3.63) is 24.2 Å². The van der Waals surface area contributed by atoms with Gasteiger partial charge in [0.25, 0.3) is 5.91 Å². The molecule has 9 heteroatoms. The number of nitrogens with one attached hydrogen (secondary N) is 4. The summed E-state index contributed by atoms with van der Waals surface area (Å²) in [5.74, 6) is 0.586. The number of alkyl carbamates (subject to hydrolysis) is 1. The molecule has 0 aliphatic carbocycles. The lowest BCUT2D eigenvalue weighted by atomic mass is 9.93. The molecule has 0 aromatic carbocycles. The number of furan rings is 1. The topological polar surface area (TPSA) is 117 Å². The number of hydrogen-bond donors (Lipinski definition) is 4. The maximum absolute atomic E-state index is 12.2. The van der Waals surface area contributed by atoms with Gasteiger partial charge in [-0.05, 0) is 45.7 Å². The number of nitrogens with zero attached hydrogens (tertiary/aromatic N) is 1. The average molecular weight is 410 g/mol. The van der Waals surface area contributed by atoms with Gasteiger partial charge in [-0.15, -0.1) is 0 Å². The molecule has 0 fully saturated rings. The molecule has 1 heterocycles. The molecular weight excluding hydrogens is 374 g/mol. The van der Waals surface area contributed by atoms with Gasteiger partial charge in [0, 0.05) is 26.7 Å². The summed E-state index contributed by atoms with van der Waals surface area (Å²) in [5, 5.41) is 12.1. The van der Waals surface area contributed by atoms with Crippen LogP contribution < -0.4 is 21.3 Å². The summed E-state index contributed by atoms with van der Waals surface area (Å²) in [7, 11) is 1.66. The standard InChI is InChI=1S/C20H35N5O4/c1-7-20(8-2,25-18(27)29-19(3,4)5)14-24-17(21-6)23-12-11-22-16(26)15-10-9-13-28-15/h9-10,13H,7-8,11-12,14H2,1-6H3,(H,22,26)(H,25,27)(H2,21,23,24). The fourth-order valence-electron chi connectivity index (χ4n) is 2.57. The zero-order chi connectivity index (χ0) is 21.9. The molecule has 9 nitrogen and oxygen atoms in total. The molecule has 1 aromatic rings. The maximum atomic E-state index is 12.2. The monoisotopic (exact) mass is 409 g/mol. The third-order valence-electron chi connectivity index (χ3n) is 4.39. The first-order chi connectivity index (χ1) is 13.6. The van der Waals surface area contributed by atoms with E-state index in [0.717, 1.165) is 12.8 Å². The number of carbonyl (C=O) groups excluding carboxylic acids is 2. The Bertz CT molecular complexity index is 661. The van der Waals surface area contributed by atoms with Crippen molar-refractivity contribution < 1.29 is 18.7 Å². The number of ether oxygens (including phenoxy) is 1. The van der Waals surface area contributed by atoms with Crippen LogP contribution in [0.5, 0.6) is 0 Å². The molecule has 1 rings (SSSR count). The van der Waals surface area contributed by atoms with Crippen molar-refractivity contribution in [1.29, 1.82) is 0 Å². The molecule has 1 aromatic heterocycles. The highest BCUT2D eigenvalue weighted by Gasteiger charge is 2.30. The summed E-state index contributed by atoms with van der Waals surface area (Å²) in [6, 6.07) is 3.27. The van der Waals surface area contributed by atoms with Crippen LogP contribution in [0.15, 0.2) is 27.8 Å². The van der Waals surface area contributed by atoms with Gasteiger partial charge in [-0.25, -0.2) is 4.79 Å². The van der Waals surface area contributed by atoms with Crippen LogP contribution in [0, 0.1) is 0 Å². The zero-order valence-corrected chi connectivity index (χ0v) is 18.3. The zero-order valence-electron chi connectivity index (χ0n) is 18.3. The molecule has 29 heavy (non-hydrogen) atoms. The normalized spacial score (nSPS) is 12.3. The second kappa shape index (κ2) is 11.3. The fraction of sp³-hybridized carbons (Fsp3) is 0.650.